The Morgan fingerprint density at radius 2 is 1.20 bits per heavy atom. The highest BCUT2D eigenvalue weighted by Gasteiger charge is 2.24. The maximum absolute atomic E-state index is 12.6. The van der Waals surface area contributed by atoms with Gasteiger partial charge >= 0.3 is 20.1 Å². The van der Waals surface area contributed by atoms with Crippen molar-refractivity contribution >= 4 is 25.9 Å². The largest absolute Gasteiger partial charge is 0.508 e. The molecular weight excluding hydrogens is 419 g/mol. The second-order valence-electron chi connectivity index (χ2n) is 7.19. The fraction of sp³-hybridized carbons (Fsp3) is 0.833. The second-order valence-corrected chi connectivity index (χ2v) is 8.84. The van der Waals surface area contributed by atoms with Crippen LogP contribution in [0.25, 0.3) is 0 Å². The second kappa shape index (κ2) is 15.9. The lowest BCUT2D eigenvalue weighted by Gasteiger charge is -2.15. The van der Waals surface area contributed by atoms with Crippen molar-refractivity contribution in [1.29, 1.82) is 0 Å². The van der Waals surface area contributed by atoms with Gasteiger partial charge in [-0.15, -0.1) is 0 Å². The van der Waals surface area contributed by atoms with Crippen LogP contribution in [0.5, 0.6) is 0 Å². The standard InChI is InChI=1S/C18H35N2O9P/c1-14(2)12-26-17(21)24-8-6-10-28-30(23,20-16(5)19)29-11-7-9-25-18(22)27-13-15(3)4/h14-15H,6-13H2,1-5H3,(H2,19,20,23). The number of carbonyl (C=O) groups is 2. The molecule has 2 N–H and O–H groups in total. The normalized spacial score (nSPS) is 12.2. The van der Waals surface area contributed by atoms with Gasteiger partial charge < -0.3 is 24.7 Å². The van der Waals surface area contributed by atoms with Crippen LogP contribution < -0.4 is 5.73 Å². The number of nitrogens with zero attached hydrogens (tertiary/aromatic N) is 1. The van der Waals surface area contributed by atoms with Gasteiger partial charge in [0.25, 0.3) is 0 Å². The van der Waals surface area contributed by atoms with Crippen LogP contribution in [0.4, 0.5) is 9.59 Å². The predicted molar refractivity (Wildman–Crippen MR) is 110 cm³/mol. The Balaban J connectivity index is 4.15. The van der Waals surface area contributed by atoms with Gasteiger partial charge in [-0.3, -0.25) is 9.05 Å². The molecule has 0 heterocycles. The maximum Gasteiger partial charge on any atom is 0.508 e. The summed E-state index contributed by atoms with van der Waals surface area (Å²) in [7, 11) is -3.84. The summed E-state index contributed by atoms with van der Waals surface area (Å²) >= 11 is 0. The van der Waals surface area contributed by atoms with Crippen LogP contribution in [0, 0.1) is 11.8 Å². The minimum atomic E-state index is -3.84. The summed E-state index contributed by atoms with van der Waals surface area (Å²) in [6, 6.07) is 0. The van der Waals surface area contributed by atoms with Crippen molar-refractivity contribution in [2.45, 2.75) is 47.5 Å². The Labute approximate surface area is 178 Å². The lowest BCUT2D eigenvalue weighted by atomic mass is 10.2. The fourth-order valence-electron chi connectivity index (χ4n) is 1.63. The average Bonchev–Trinajstić information content (AvgIpc) is 2.63. The number of ether oxygens (including phenoxy) is 4. The molecule has 30 heavy (non-hydrogen) atoms. The van der Waals surface area contributed by atoms with Crippen molar-refractivity contribution < 1.29 is 42.1 Å². The molecule has 0 aromatic rings. The van der Waals surface area contributed by atoms with E-state index >= 15 is 0 Å². The van der Waals surface area contributed by atoms with E-state index in [1.54, 1.807) is 0 Å². The van der Waals surface area contributed by atoms with E-state index < -0.39 is 20.1 Å². The minimum Gasteiger partial charge on any atom is -0.434 e. The summed E-state index contributed by atoms with van der Waals surface area (Å²) in [6.07, 6.45) is -1.03. The fourth-order valence-corrected chi connectivity index (χ4v) is 2.93. The summed E-state index contributed by atoms with van der Waals surface area (Å²) in [5, 5.41) is 0. The Morgan fingerprint density at radius 1 is 0.800 bits per heavy atom. The smallest absolute Gasteiger partial charge is 0.434 e. The lowest BCUT2D eigenvalue weighted by Crippen LogP contribution is -2.14. The summed E-state index contributed by atoms with van der Waals surface area (Å²) in [5.74, 6) is 0.440. The molecule has 0 fully saturated rings. The van der Waals surface area contributed by atoms with Crippen molar-refractivity contribution in [2.24, 2.45) is 22.3 Å². The lowest BCUT2D eigenvalue weighted by molar-refractivity contribution is 0.0435. The number of hydrogen-bond acceptors (Lipinski definition) is 9. The van der Waals surface area contributed by atoms with E-state index in [9.17, 15) is 14.2 Å². The first kappa shape index (κ1) is 28.2. The molecule has 0 aliphatic rings. The number of rotatable bonds is 15. The zero-order valence-corrected chi connectivity index (χ0v) is 19.4. The van der Waals surface area contributed by atoms with Crippen LogP contribution in [-0.2, 0) is 32.6 Å². The third kappa shape index (κ3) is 17.1. The molecule has 0 aromatic heterocycles. The Kier molecular flexibility index (Phi) is 15.0. The van der Waals surface area contributed by atoms with Gasteiger partial charge in [0.2, 0.25) is 0 Å². The molecule has 0 saturated heterocycles. The van der Waals surface area contributed by atoms with Crippen molar-refractivity contribution in [3.05, 3.63) is 0 Å². The summed E-state index contributed by atoms with van der Waals surface area (Å²) in [5.41, 5.74) is 5.48. The van der Waals surface area contributed by atoms with Gasteiger partial charge in [-0.05, 0) is 18.8 Å². The van der Waals surface area contributed by atoms with Gasteiger partial charge in [0.15, 0.2) is 0 Å². The van der Waals surface area contributed by atoms with Crippen molar-refractivity contribution in [1.82, 2.24) is 0 Å². The number of hydrogen-bond donors (Lipinski definition) is 1. The van der Waals surface area contributed by atoms with Crippen molar-refractivity contribution in [3.63, 3.8) is 0 Å². The first-order chi connectivity index (χ1) is 14.0. The van der Waals surface area contributed by atoms with E-state index in [-0.39, 0.29) is 70.2 Å². The number of amidine groups is 1. The molecule has 0 spiro atoms. The van der Waals surface area contributed by atoms with E-state index in [4.69, 9.17) is 33.7 Å². The molecule has 0 aromatic carbocycles. The number of nitrogens with two attached hydrogens (primary N) is 1. The molecular formula is C18H35N2O9P. The highest BCUT2D eigenvalue weighted by molar-refractivity contribution is 7.52. The van der Waals surface area contributed by atoms with Gasteiger partial charge in [0, 0.05) is 12.8 Å². The molecule has 0 bridgehead atoms. The first-order valence-electron chi connectivity index (χ1n) is 9.84. The molecule has 176 valence electrons. The van der Waals surface area contributed by atoms with Crippen LogP contribution >= 0.6 is 7.75 Å². The van der Waals surface area contributed by atoms with Crippen molar-refractivity contribution in [2.75, 3.05) is 39.6 Å². The molecule has 12 heteroatoms. The molecule has 0 unspecified atom stereocenters. The molecule has 0 aliphatic heterocycles. The van der Waals surface area contributed by atoms with Gasteiger partial charge in [-0.25, -0.2) is 14.2 Å². The first-order valence-corrected chi connectivity index (χ1v) is 11.3. The highest BCUT2D eigenvalue weighted by atomic mass is 31.2. The SMILES string of the molecule is CC(N)=NP(=O)(OCCCOC(=O)OCC(C)C)OCCCOC(=O)OCC(C)C. The predicted octanol–water partition coefficient (Wildman–Crippen LogP) is 3.90. The van der Waals surface area contributed by atoms with Crippen LogP contribution in [-0.4, -0.2) is 57.8 Å². The molecule has 11 nitrogen and oxygen atoms in total. The maximum atomic E-state index is 12.6. The summed E-state index contributed by atoms with van der Waals surface area (Å²) in [6.45, 7) is 9.57. The average molecular weight is 454 g/mol. The molecule has 0 amide bonds. The van der Waals surface area contributed by atoms with Crippen LogP contribution in [0.3, 0.4) is 0 Å². The molecule has 0 saturated carbocycles. The van der Waals surface area contributed by atoms with E-state index in [1.165, 1.54) is 6.92 Å². The van der Waals surface area contributed by atoms with Crippen LogP contribution in [0.1, 0.15) is 47.5 Å². The Bertz CT molecular complexity index is 540. The van der Waals surface area contributed by atoms with Gasteiger partial charge in [0.1, 0.15) is 5.84 Å². The zero-order valence-electron chi connectivity index (χ0n) is 18.5. The van der Waals surface area contributed by atoms with E-state index in [0.717, 1.165) is 0 Å². The molecule has 0 atom stereocenters. The van der Waals surface area contributed by atoms with Gasteiger partial charge in [-0.2, -0.15) is 4.76 Å². The third-order valence-corrected chi connectivity index (χ3v) is 4.45. The highest BCUT2D eigenvalue weighted by Crippen LogP contribution is 2.50. The molecule has 0 radical (unpaired) electrons. The monoisotopic (exact) mass is 454 g/mol. The zero-order chi connectivity index (χ0) is 23.0. The summed E-state index contributed by atoms with van der Waals surface area (Å²) in [4.78, 5) is 22.7. The summed E-state index contributed by atoms with van der Waals surface area (Å²) < 4.78 is 46.2. The van der Waals surface area contributed by atoms with Gasteiger partial charge in [0.05, 0.1) is 39.6 Å². The third-order valence-electron chi connectivity index (χ3n) is 2.88. The topological polar surface area (TPSA) is 145 Å². The quantitative estimate of drug-likeness (QED) is 0.127. The Hall–Kier alpha value is -1.84. The van der Waals surface area contributed by atoms with Crippen molar-refractivity contribution in [3.8, 4) is 0 Å². The van der Waals surface area contributed by atoms with Crippen LogP contribution in [0.2, 0.25) is 0 Å². The minimum absolute atomic E-state index is 0.0224. The Morgan fingerprint density at radius 3 is 1.53 bits per heavy atom. The molecule has 0 aliphatic carbocycles. The molecule has 0 rings (SSSR count). The number of carbonyl (C=O) groups excluding carboxylic acids is 2. The van der Waals surface area contributed by atoms with Gasteiger partial charge in [-0.1, -0.05) is 27.7 Å². The van der Waals surface area contributed by atoms with E-state index in [0.29, 0.717) is 0 Å². The van der Waals surface area contributed by atoms with Crippen LogP contribution in [0.15, 0.2) is 4.76 Å². The van der Waals surface area contributed by atoms with E-state index in [1.807, 2.05) is 27.7 Å². The van der Waals surface area contributed by atoms with E-state index in [2.05, 4.69) is 4.76 Å².